The third kappa shape index (κ3) is 6.43. The molecular weight excluding hydrogens is 558 g/mol. The molecule has 3 heterocycles. The number of hydrogen-bond acceptors (Lipinski definition) is 6. The molecule has 1 fully saturated rings. The van der Waals surface area contributed by atoms with Crippen molar-refractivity contribution in [3.05, 3.63) is 53.0 Å². The van der Waals surface area contributed by atoms with Gasteiger partial charge in [0, 0.05) is 23.1 Å². The van der Waals surface area contributed by atoms with Crippen molar-refractivity contribution in [3.63, 3.8) is 0 Å². The van der Waals surface area contributed by atoms with E-state index in [9.17, 15) is 9.59 Å². The number of likely N-dealkylation sites (N-methyl/N-ethyl adjacent to an activating group) is 1. The molecule has 208 valence electrons. The van der Waals surface area contributed by atoms with Crippen LogP contribution >= 0.6 is 0 Å². The SMILES string of the molecule is CCN1C(=O)c2cccc3c(-c4cn(CCN5CCC[N+](=[Zn])CCN(C)CCC[N-]CC5)nn4)ccc(c23)C1=O. The molecule has 2 aromatic carbocycles. The second-order valence-corrected chi connectivity index (χ2v) is 12.6. The van der Waals surface area contributed by atoms with Crippen LogP contribution in [0.4, 0.5) is 0 Å². The maximum atomic E-state index is 13.0. The number of nitrogens with zero attached hydrogens (tertiary/aromatic N) is 8. The number of amides is 2. The zero-order chi connectivity index (χ0) is 28.1. The topological polar surface area (TPSA) is 91.7 Å². The van der Waals surface area contributed by atoms with Crippen molar-refractivity contribution < 1.29 is 31.0 Å². The van der Waals surface area contributed by atoms with Crippen LogP contribution in [-0.4, -0.2) is 117 Å². The van der Waals surface area contributed by atoms with E-state index in [1.807, 2.05) is 42.1 Å². The Morgan fingerprint density at radius 2 is 1.73 bits per heavy atom. The van der Waals surface area contributed by atoms with E-state index < -0.39 is 0 Å². The van der Waals surface area contributed by atoms with Crippen molar-refractivity contribution in [3.8, 4) is 11.3 Å². The van der Waals surface area contributed by atoms with Gasteiger partial charge in [0.25, 0.3) is 11.8 Å². The molecule has 40 heavy (non-hydrogen) atoms. The molecule has 0 unspecified atom stereocenters. The first-order valence-electron chi connectivity index (χ1n) is 14.4. The van der Waals surface area contributed by atoms with E-state index in [0.717, 1.165) is 94.9 Å². The second kappa shape index (κ2) is 13.3. The molecule has 2 aliphatic heterocycles. The number of aromatic nitrogens is 3. The Morgan fingerprint density at radius 3 is 2.55 bits per heavy atom. The standard InChI is InChI=1S/C29H38N8O2.Zn/c1-3-37-28(38)24-8-4-7-23-22(9-10-25(27(23)24)29(37)39)26-21-36(33-32-26)20-19-35-16-6-12-30-13-17-34(2)15-5-11-31-14-18-35;/h4,7-10,21H,3,5-6,11-20H2,1-2H3;/q-2;+2. The van der Waals surface area contributed by atoms with Crippen molar-refractivity contribution in [2.24, 2.45) is 0 Å². The van der Waals surface area contributed by atoms with Crippen LogP contribution in [0.5, 0.6) is 0 Å². The van der Waals surface area contributed by atoms with E-state index in [1.165, 1.54) is 23.0 Å². The summed E-state index contributed by atoms with van der Waals surface area (Å²) in [5.41, 5.74) is 2.76. The van der Waals surface area contributed by atoms with Gasteiger partial charge >= 0.3 is 166 Å². The predicted molar refractivity (Wildman–Crippen MR) is 150 cm³/mol. The zero-order valence-electron chi connectivity index (χ0n) is 23.8. The van der Waals surface area contributed by atoms with Gasteiger partial charge in [-0.2, -0.15) is 0 Å². The first-order valence-corrected chi connectivity index (χ1v) is 15.7. The molecule has 1 aromatic heterocycles. The van der Waals surface area contributed by atoms with Crippen molar-refractivity contribution in [1.82, 2.24) is 29.7 Å². The van der Waals surface area contributed by atoms with Gasteiger partial charge < -0.3 is 0 Å². The fraction of sp³-hybridized carbons (Fsp3) is 0.517. The van der Waals surface area contributed by atoms with Gasteiger partial charge in [0.05, 0.1) is 0 Å². The zero-order valence-corrected chi connectivity index (χ0v) is 26.7. The molecule has 0 radical (unpaired) electrons. The van der Waals surface area contributed by atoms with Crippen LogP contribution in [0.25, 0.3) is 27.3 Å². The number of imide groups is 1. The monoisotopic (exact) mass is 594 g/mol. The average Bonchev–Trinajstić information content (AvgIpc) is 3.43. The van der Waals surface area contributed by atoms with Gasteiger partial charge in [-0.25, -0.2) is 0 Å². The Morgan fingerprint density at radius 1 is 0.925 bits per heavy atom. The normalized spacial score (nSPS) is 18.9. The molecule has 1 saturated heterocycles. The van der Waals surface area contributed by atoms with Gasteiger partial charge in [-0.05, 0) is 19.1 Å². The summed E-state index contributed by atoms with van der Waals surface area (Å²) in [5, 5.41) is 15.3. The summed E-state index contributed by atoms with van der Waals surface area (Å²) in [6, 6.07) is 9.38. The third-order valence-electron chi connectivity index (χ3n) is 7.94. The van der Waals surface area contributed by atoms with Gasteiger partial charge in [-0.1, -0.05) is 12.1 Å². The van der Waals surface area contributed by atoms with Crippen LogP contribution in [0.1, 0.15) is 40.5 Å². The third-order valence-corrected chi connectivity index (χ3v) is 9.27. The molecule has 0 aliphatic carbocycles. The minimum Gasteiger partial charge on any atom is -0.269 e. The van der Waals surface area contributed by atoms with Gasteiger partial charge in [-0.15, -0.1) is 0 Å². The van der Waals surface area contributed by atoms with Gasteiger partial charge in [0.15, 0.2) is 0 Å². The summed E-state index contributed by atoms with van der Waals surface area (Å²) in [6.45, 7) is 12.1. The predicted octanol–water partition coefficient (Wildman–Crippen LogP) is 2.86. The number of hydrogen-bond donors (Lipinski definition) is 0. The van der Waals surface area contributed by atoms with Crippen LogP contribution in [0.3, 0.4) is 0 Å². The molecular formula is C29H38N8O2Zn. The van der Waals surface area contributed by atoms with Crippen LogP contribution in [0.2, 0.25) is 0 Å². The Bertz CT molecular complexity index is 1370. The molecule has 0 saturated carbocycles. The second-order valence-electron chi connectivity index (χ2n) is 10.8. The van der Waals surface area contributed by atoms with E-state index >= 15 is 0 Å². The van der Waals surface area contributed by atoms with Crippen LogP contribution < -0.4 is 0 Å². The summed E-state index contributed by atoms with van der Waals surface area (Å²) < 4.78 is 4.45. The van der Waals surface area contributed by atoms with Crippen LogP contribution in [0.15, 0.2) is 36.5 Å². The van der Waals surface area contributed by atoms with Gasteiger partial charge in [-0.3, -0.25) is 14.5 Å². The first-order chi connectivity index (χ1) is 19.5. The van der Waals surface area contributed by atoms with Crippen molar-refractivity contribution in [1.29, 1.82) is 0 Å². The molecule has 2 amide bonds. The Balaban J connectivity index is 1.28. The van der Waals surface area contributed by atoms with E-state index in [2.05, 4.69) is 30.4 Å². The van der Waals surface area contributed by atoms with E-state index in [1.54, 1.807) is 6.07 Å². The number of benzene rings is 2. The summed E-state index contributed by atoms with van der Waals surface area (Å²) in [7, 11) is 2.21. The molecule has 3 aromatic rings. The average molecular weight is 596 g/mol. The van der Waals surface area contributed by atoms with Gasteiger partial charge in [0.2, 0.25) is 0 Å². The van der Waals surface area contributed by atoms with Gasteiger partial charge in [0.1, 0.15) is 0 Å². The molecule has 0 N–H and O–H groups in total. The fourth-order valence-corrected chi connectivity index (χ4v) is 6.36. The Hall–Kier alpha value is -2.72. The van der Waals surface area contributed by atoms with Crippen molar-refractivity contribution in [2.75, 3.05) is 72.5 Å². The Labute approximate surface area is 245 Å². The maximum absolute atomic E-state index is 13.0. The molecule has 0 spiro atoms. The first kappa shape index (κ1) is 28.8. The van der Waals surface area contributed by atoms with Crippen LogP contribution in [0, 0.1) is 0 Å². The van der Waals surface area contributed by atoms with Crippen molar-refractivity contribution >= 4 is 22.6 Å². The smallest absolute Gasteiger partial charge is 0.269 e. The molecule has 0 atom stereocenters. The summed E-state index contributed by atoms with van der Waals surface area (Å²) in [6.07, 6.45) is 4.24. The van der Waals surface area contributed by atoms with Crippen LogP contribution in [-0.2, 0) is 24.7 Å². The molecule has 10 nitrogen and oxygen atoms in total. The molecule has 11 heteroatoms. The Kier molecular flexibility index (Phi) is 9.57. The number of carbonyl (C=O) groups is 2. The van der Waals surface area contributed by atoms with E-state index in [-0.39, 0.29) is 11.8 Å². The summed E-state index contributed by atoms with van der Waals surface area (Å²) >= 11 is 1.21. The summed E-state index contributed by atoms with van der Waals surface area (Å²) in [5.74, 6) is -0.480. The number of carbonyl (C=O) groups excluding carboxylic acids is 2. The summed E-state index contributed by atoms with van der Waals surface area (Å²) in [4.78, 5) is 32.2. The molecule has 2 aliphatic rings. The molecule has 0 bridgehead atoms. The number of rotatable bonds is 5. The fourth-order valence-electron chi connectivity index (χ4n) is 5.60. The van der Waals surface area contributed by atoms with Crippen molar-refractivity contribution in [2.45, 2.75) is 26.3 Å². The minimum atomic E-state index is -0.240. The van der Waals surface area contributed by atoms with E-state index in [4.69, 9.17) is 5.32 Å². The van der Waals surface area contributed by atoms with E-state index in [0.29, 0.717) is 23.1 Å². The quantitative estimate of drug-likeness (QED) is 0.333. The molecule has 5 rings (SSSR count). The minimum absolute atomic E-state index is 0.240.